The predicted molar refractivity (Wildman–Crippen MR) is 102 cm³/mol. The van der Waals surface area contributed by atoms with E-state index >= 15 is 0 Å². The maximum Gasteiger partial charge on any atom is 0.222 e. The van der Waals surface area contributed by atoms with Gasteiger partial charge in [0, 0.05) is 19.9 Å². The number of carbonyl (C=O) groups is 2. The average molecular weight is 369 g/mol. The Morgan fingerprint density at radius 2 is 1.93 bits per heavy atom. The number of carbonyl (C=O) groups excluding carboxylic acids is 2. The molecule has 2 amide bonds. The third-order valence-electron chi connectivity index (χ3n) is 4.88. The zero-order chi connectivity index (χ0) is 19.2. The van der Waals surface area contributed by atoms with Gasteiger partial charge in [-0.05, 0) is 25.3 Å². The Kier molecular flexibility index (Phi) is 6.21. The summed E-state index contributed by atoms with van der Waals surface area (Å²) in [6.07, 6.45) is 4.58. The highest BCUT2D eigenvalue weighted by atomic mass is 16.2. The van der Waals surface area contributed by atoms with Crippen molar-refractivity contribution in [3.63, 3.8) is 0 Å². The van der Waals surface area contributed by atoms with E-state index in [0.717, 1.165) is 48.6 Å². The summed E-state index contributed by atoms with van der Waals surface area (Å²) < 4.78 is 2.12. The first-order valence-electron chi connectivity index (χ1n) is 9.54. The predicted octanol–water partition coefficient (Wildman–Crippen LogP) is 2.20. The Hall–Kier alpha value is -2.70. The molecule has 3 rings (SSSR count). The van der Waals surface area contributed by atoms with E-state index in [-0.39, 0.29) is 24.3 Å². The summed E-state index contributed by atoms with van der Waals surface area (Å²) in [5, 5.41) is 14.3. The summed E-state index contributed by atoms with van der Waals surface area (Å²) >= 11 is 0. The number of nitrogens with zero attached hydrogens (tertiary/aromatic N) is 3. The molecule has 0 radical (unpaired) electrons. The van der Waals surface area contributed by atoms with Crippen LogP contribution < -0.4 is 10.6 Å². The molecule has 0 fully saturated rings. The van der Waals surface area contributed by atoms with Crippen LogP contribution in [0, 0.1) is 6.92 Å². The number of hydrogen-bond donors (Lipinski definition) is 2. The van der Waals surface area contributed by atoms with Gasteiger partial charge in [-0.2, -0.15) is 0 Å². The fraction of sp³-hybridized carbons (Fsp3) is 0.500. The van der Waals surface area contributed by atoms with Crippen LogP contribution in [0.5, 0.6) is 0 Å². The minimum Gasteiger partial charge on any atom is -0.349 e. The molecule has 1 aromatic carbocycles. The second-order valence-corrected chi connectivity index (χ2v) is 7.14. The second kappa shape index (κ2) is 8.79. The number of fused-ring (bicyclic) bond motifs is 1. The molecule has 0 saturated carbocycles. The third kappa shape index (κ3) is 5.15. The molecule has 1 unspecified atom stereocenters. The number of aryl methyl sites for hydroxylation is 2. The SMILES string of the molecule is CC(=O)NC(CC(=O)NCc1nnc2n1CCCCC2)c1ccc(C)cc1. The Morgan fingerprint density at radius 1 is 1.15 bits per heavy atom. The van der Waals surface area contributed by atoms with Gasteiger partial charge in [-0.3, -0.25) is 9.59 Å². The molecule has 7 heteroatoms. The quantitative estimate of drug-likeness (QED) is 0.817. The van der Waals surface area contributed by atoms with Gasteiger partial charge in [-0.15, -0.1) is 10.2 Å². The van der Waals surface area contributed by atoms with Crippen molar-refractivity contribution in [1.82, 2.24) is 25.4 Å². The Labute approximate surface area is 159 Å². The summed E-state index contributed by atoms with van der Waals surface area (Å²) in [4.78, 5) is 24.0. The van der Waals surface area contributed by atoms with Crippen LogP contribution in [0.25, 0.3) is 0 Å². The minimum absolute atomic E-state index is 0.125. The molecule has 2 aromatic rings. The fourth-order valence-corrected chi connectivity index (χ4v) is 3.41. The van der Waals surface area contributed by atoms with E-state index in [1.54, 1.807) is 0 Å². The molecule has 27 heavy (non-hydrogen) atoms. The van der Waals surface area contributed by atoms with E-state index in [4.69, 9.17) is 0 Å². The van der Waals surface area contributed by atoms with Crippen molar-refractivity contribution in [1.29, 1.82) is 0 Å². The van der Waals surface area contributed by atoms with E-state index in [1.165, 1.54) is 13.3 Å². The summed E-state index contributed by atoms with van der Waals surface area (Å²) in [5.74, 6) is 1.52. The maximum atomic E-state index is 12.5. The summed E-state index contributed by atoms with van der Waals surface area (Å²) in [7, 11) is 0. The van der Waals surface area contributed by atoms with Crippen LogP contribution >= 0.6 is 0 Å². The van der Waals surface area contributed by atoms with E-state index in [2.05, 4.69) is 25.4 Å². The molecule has 1 aliphatic heterocycles. The zero-order valence-electron chi connectivity index (χ0n) is 16.0. The van der Waals surface area contributed by atoms with Gasteiger partial charge in [0.05, 0.1) is 19.0 Å². The molecule has 0 bridgehead atoms. The number of rotatable bonds is 6. The van der Waals surface area contributed by atoms with Gasteiger partial charge < -0.3 is 15.2 Å². The molecular weight excluding hydrogens is 342 g/mol. The van der Waals surface area contributed by atoms with Gasteiger partial charge in [0.25, 0.3) is 0 Å². The second-order valence-electron chi connectivity index (χ2n) is 7.14. The number of nitrogens with one attached hydrogen (secondary N) is 2. The van der Waals surface area contributed by atoms with Crippen molar-refractivity contribution < 1.29 is 9.59 Å². The fourth-order valence-electron chi connectivity index (χ4n) is 3.41. The number of amides is 2. The van der Waals surface area contributed by atoms with Gasteiger partial charge >= 0.3 is 0 Å². The lowest BCUT2D eigenvalue weighted by molar-refractivity contribution is -0.123. The molecule has 0 saturated heterocycles. The molecular formula is C20H27N5O2. The standard InChI is InChI=1S/C20H27N5O2/c1-14-7-9-16(10-8-14)17(22-15(2)26)12-20(27)21-13-19-24-23-18-6-4-3-5-11-25(18)19/h7-10,17H,3-6,11-13H2,1-2H3,(H,21,27)(H,22,26). The maximum absolute atomic E-state index is 12.5. The number of hydrogen-bond acceptors (Lipinski definition) is 4. The van der Waals surface area contributed by atoms with E-state index < -0.39 is 0 Å². The van der Waals surface area contributed by atoms with Crippen molar-refractivity contribution in [3.8, 4) is 0 Å². The van der Waals surface area contributed by atoms with E-state index in [9.17, 15) is 9.59 Å². The molecule has 1 aromatic heterocycles. The highest BCUT2D eigenvalue weighted by Crippen LogP contribution is 2.18. The van der Waals surface area contributed by atoms with Crippen LogP contribution in [-0.4, -0.2) is 26.6 Å². The van der Waals surface area contributed by atoms with Crippen molar-refractivity contribution in [3.05, 3.63) is 47.0 Å². The monoisotopic (exact) mass is 369 g/mol. The third-order valence-corrected chi connectivity index (χ3v) is 4.88. The van der Waals surface area contributed by atoms with E-state index in [0.29, 0.717) is 6.54 Å². The lowest BCUT2D eigenvalue weighted by Crippen LogP contribution is -2.33. The number of aromatic nitrogens is 3. The first-order valence-corrected chi connectivity index (χ1v) is 9.54. The van der Waals surface area contributed by atoms with Crippen molar-refractivity contribution in [2.45, 2.75) is 65.1 Å². The van der Waals surface area contributed by atoms with Gasteiger partial charge in [0.2, 0.25) is 11.8 Å². The van der Waals surface area contributed by atoms with Gasteiger partial charge in [-0.1, -0.05) is 36.2 Å². The number of benzene rings is 1. The van der Waals surface area contributed by atoms with Crippen LogP contribution in [0.3, 0.4) is 0 Å². The van der Waals surface area contributed by atoms with Crippen molar-refractivity contribution >= 4 is 11.8 Å². The topological polar surface area (TPSA) is 88.9 Å². The molecule has 0 spiro atoms. The van der Waals surface area contributed by atoms with Gasteiger partial charge in [0.15, 0.2) is 5.82 Å². The summed E-state index contributed by atoms with van der Waals surface area (Å²) in [5.41, 5.74) is 2.06. The van der Waals surface area contributed by atoms with Crippen LogP contribution in [-0.2, 0) is 29.1 Å². The van der Waals surface area contributed by atoms with Crippen molar-refractivity contribution in [2.24, 2.45) is 0 Å². The molecule has 7 nitrogen and oxygen atoms in total. The normalized spacial score (nSPS) is 14.7. The van der Waals surface area contributed by atoms with E-state index in [1.807, 2.05) is 31.2 Å². The molecule has 2 N–H and O–H groups in total. The van der Waals surface area contributed by atoms with Crippen LogP contribution in [0.1, 0.15) is 61.4 Å². The molecule has 0 aliphatic carbocycles. The Balaban J connectivity index is 1.62. The Bertz CT molecular complexity index is 797. The lowest BCUT2D eigenvalue weighted by Gasteiger charge is -2.18. The smallest absolute Gasteiger partial charge is 0.222 e. The first-order chi connectivity index (χ1) is 13.0. The van der Waals surface area contributed by atoms with Gasteiger partial charge in [-0.25, -0.2) is 0 Å². The average Bonchev–Trinajstić information content (AvgIpc) is 2.86. The molecule has 1 aliphatic rings. The van der Waals surface area contributed by atoms with Crippen LogP contribution in [0.4, 0.5) is 0 Å². The first kappa shape index (κ1) is 19.1. The highest BCUT2D eigenvalue weighted by molar-refractivity contribution is 5.79. The lowest BCUT2D eigenvalue weighted by atomic mass is 10.0. The minimum atomic E-state index is -0.349. The van der Waals surface area contributed by atoms with Crippen molar-refractivity contribution in [2.75, 3.05) is 0 Å². The summed E-state index contributed by atoms with van der Waals surface area (Å²) in [6, 6.07) is 7.50. The van der Waals surface area contributed by atoms with Crippen LogP contribution in [0.2, 0.25) is 0 Å². The molecule has 2 heterocycles. The van der Waals surface area contributed by atoms with Crippen LogP contribution in [0.15, 0.2) is 24.3 Å². The molecule has 144 valence electrons. The Morgan fingerprint density at radius 3 is 2.67 bits per heavy atom. The molecule has 1 atom stereocenters. The summed E-state index contributed by atoms with van der Waals surface area (Å²) in [6.45, 7) is 4.73. The highest BCUT2D eigenvalue weighted by Gasteiger charge is 2.19. The van der Waals surface area contributed by atoms with Gasteiger partial charge in [0.1, 0.15) is 5.82 Å². The largest absolute Gasteiger partial charge is 0.349 e. The zero-order valence-corrected chi connectivity index (χ0v) is 16.0.